The van der Waals surface area contributed by atoms with E-state index in [2.05, 4.69) is 19.6 Å². The lowest BCUT2D eigenvalue weighted by Crippen LogP contribution is -1.90. The van der Waals surface area contributed by atoms with Crippen molar-refractivity contribution in [3.8, 4) is 0 Å². The summed E-state index contributed by atoms with van der Waals surface area (Å²) in [5.41, 5.74) is 3.88. The lowest BCUT2D eigenvalue weighted by Gasteiger charge is -2.02. The van der Waals surface area contributed by atoms with Gasteiger partial charge in [-0.05, 0) is 23.6 Å². The second-order valence-electron chi connectivity index (χ2n) is 3.60. The van der Waals surface area contributed by atoms with E-state index in [1.54, 1.807) is 6.08 Å². The number of aliphatic hydroxyl groups is 1. The fourth-order valence-electron chi connectivity index (χ4n) is 1.09. The molecule has 1 nitrogen and oxygen atoms in total. The average Bonchev–Trinajstić information content (AvgIpc) is 2.18. The lowest BCUT2D eigenvalue weighted by molar-refractivity contribution is 0.229. The minimum atomic E-state index is -0.550. The van der Waals surface area contributed by atoms with Gasteiger partial charge in [-0.25, -0.2) is 0 Å². The smallest absolute Gasteiger partial charge is 0.104 e. The van der Waals surface area contributed by atoms with E-state index in [-0.39, 0.29) is 0 Å². The molecule has 1 aromatic rings. The third kappa shape index (κ3) is 3.61. The summed E-state index contributed by atoms with van der Waals surface area (Å²) in [4.78, 5) is 0. The zero-order chi connectivity index (χ0) is 10.4. The standard InChI is InChI=1S/C13H16O/c1-11(2)7-6-10-13(14)12-8-4-3-5-9-12/h3-5,7-11,13-14H,1-2H3. The molecule has 0 aliphatic rings. The number of hydrogen-bond acceptors (Lipinski definition) is 1. The van der Waals surface area contributed by atoms with Crippen molar-refractivity contribution >= 4 is 0 Å². The number of aliphatic hydroxyl groups excluding tert-OH is 1. The molecule has 0 fully saturated rings. The summed E-state index contributed by atoms with van der Waals surface area (Å²) in [6.07, 6.45) is 3.06. The molecule has 0 spiro atoms. The Morgan fingerprint density at radius 1 is 1.14 bits per heavy atom. The van der Waals surface area contributed by atoms with Gasteiger partial charge in [0.05, 0.1) is 0 Å². The highest BCUT2D eigenvalue weighted by atomic mass is 16.3. The van der Waals surface area contributed by atoms with E-state index in [1.807, 2.05) is 36.4 Å². The van der Waals surface area contributed by atoms with Crippen molar-refractivity contribution in [2.24, 2.45) is 5.92 Å². The van der Waals surface area contributed by atoms with Crippen LogP contribution in [0.1, 0.15) is 25.5 Å². The van der Waals surface area contributed by atoms with Gasteiger partial charge in [-0.3, -0.25) is 0 Å². The molecule has 1 N–H and O–H groups in total. The highest BCUT2D eigenvalue weighted by Crippen LogP contribution is 2.12. The molecule has 1 aromatic carbocycles. The molecule has 0 aromatic heterocycles. The molecule has 0 bridgehead atoms. The van der Waals surface area contributed by atoms with Crippen molar-refractivity contribution in [3.63, 3.8) is 0 Å². The Bertz CT molecular complexity index is 318. The summed E-state index contributed by atoms with van der Waals surface area (Å²) in [6, 6.07) is 9.57. The molecular weight excluding hydrogens is 172 g/mol. The minimum absolute atomic E-state index is 0.467. The van der Waals surface area contributed by atoms with Crippen molar-refractivity contribution in [2.45, 2.75) is 20.0 Å². The van der Waals surface area contributed by atoms with Crippen LogP contribution in [0.25, 0.3) is 0 Å². The van der Waals surface area contributed by atoms with Crippen LogP contribution in [0.3, 0.4) is 0 Å². The SMILES string of the molecule is CC(C)C=C=CC(O)c1ccccc1. The number of rotatable bonds is 3. The van der Waals surface area contributed by atoms with Crippen LogP contribution in [0, 0.1) is 5.92 Å². The first kappa shape index (κ1) is 10.8. The van der Waals surface area contributed by atoms with E-state index >= 15 is 0 Å². The molecule has 0 aliphatic carbocycles. The molecule has 0 saturated carbocycles. The molecule has 0 radical (unpaired) electrons. The van der Waals surface area contributed by atoms with Crippen LogP contribution in [0.15, 0.2) is 48.2 Å². The predicted octanol–water partition coefficient (Wildman–Crippen LogP) is 3.09. The molecule has 0 saturated heterocycles. The summed E-state index contributed by atoms with van der Waals surface area (Å²) in [5.74, 6) is 0.467. The van der Waals surface area contributed by atoms with E-state index in [0.29, 0.717) is 5.92 Å². The summed E-state index contributed by atoms with van der Waals surface area (Å²) in [5, 5.41) is 9.70. The second-order valence-corrected chi connectivity index (χ2v) is 3.60. The van der Waals surface area contributed by atoms with Crippen molar-refractivity contribution in [3.05, 3.63) is 53.8 Å². The molecular formula is C13H16O. The lowest BCUT2D eigenvalue weighted by atomic mass is 10.1. The first-order valence-corrected chi connectivity index (χ1v) is 4.86. The summed E-state index contributed by atoms with van der Waals surface area (Å²) >= 11 is 0. The molecule has 1 heteroatoms. The number of benzene rings is 1. The van der Waals surface area contributed by atoms with Crippen molar-refractivity contribution in [1.29, 1.82) is 0 Å². The number of hydrogen-bond donors (Lipinski definition) is 1. The first-order valence-electron chi connectivity index (χ1n) is 4.86. The minimum Gasteiger partial charge on any atom is -0.384 e. The average molecular weight is 188 g/mol. The van der Waals surface area contributed by atoms with Gasteiger partial charge in [-0.1, -0.05) is 44.2 Å². The van der Waals surface area contributed by atoms with Gasteiger partial charge in [0.1, 0.15) is 6.10 Å². The van der Waals surface area contributed by atoms with Gasteiger partial charge in [-0.15, -0.1) is 5.73 Å². The Balaban J connectivity index is 2.68. The van der Waals surface area contributed by atoms with Gasteiger partial charge in [0.15, 0.2) is 0 Å². The van der Waals surface area contributed by atoms with Gasteiger partial charge in [0.2, 0.25) is 0 Å². The summed E-state index contributed by atoms with van der Waals surface area (Å²) in [7, 11) is 0. The predicted molar refractivity (Wildman–Crippen MR) is 58.9 cm³/mol. The van der Waals surface area contributed by atoms with Gasteiger partial charge in [0, 0.05) is 0 Å². The van der Waals surface area contributed by atoms with Crippen LogP contribution in [0.5, 0.6) is 0 Å². The Morgan fingerprint density at radius 2 is 1.79 bits per heavy atom. The van der Waals surface area contributed by atoms with E-state index in [0.717, 1.165) is 5.56 Å². The monoisotopic (exact) mass is 188 g/mol. The van der Waals surface area contributed by atoms with Gasteiger partial charge >= 0.3 is 0 Å². The van der Waals surface area contributed by atoms with Crippen molar-refractivity contribution < 1.29 is 5.11 Å². The Kier molecular flexibility index (Phi) is 4.18. The molecule has 74 valence electrons. The zero-order valence-electron chi connectivity index (χ0n) is 8.64. The largest absolute Gasteiger partial charge is 0.384 e. The highest BCUT2D eigenvalue weighted by molar-refractivity contribution is 5.20. The fourth-order valence-corrected chi connectivity index (χ4v) is 1.09. The molecule has 1 atom stereocenters. The van der Waals surface area contributed by atoms with Crippen LogP contribution in [-0.2, 0) is 0 Å². The van der Waals surface area contributed by atoms with Crippen LogP contribution in [-0.4, -0.2) is 5.11 Å². The molecule has 1 unspecified atom stereocenters. The Morgan fingerprint density at radius 3 is 2.36 bits per heavy atom. The quantitative estimate of drug-likeness (QED) is 0.723. The van der Waals surface area contributed by atoms with Crippen LogP contribution < -0.4 is 0 Å². The van der Waals surface area contributed by atoms with Gasteiger partial charge in [0.25, 0.3) is 0 Å². The summed E-state index contributed by atoms with van der Waals surface area (Å²) in [6.45, 7) is 4.16. The molecule has 0 amide bonds. The topological polar surface area (TPSA) is 20.2 Å². The second kappa shape index (κ2) is 5.43. The van der Waals surface area contributed by atoms with Gasteiger partial charge in [-0.2, -0.15) is 0 Å². The van der Waals surface area contributed by atoms with Gasteiger partial charge < -0.3 is 5.11 Å². The zero-order valence-corrected chi connectivity index (χ0v) is 8.64. The third-order valence-electron chi connectivity index (χ3n) is 1.82. The summed E-state index contributed by atoms with van der Waals surface area (Å²) < 4.78 is 0. The maximum Gasteiger partial charge on any atom is 0.104 e. The van der Waals surface area contributed by atoms with E-state index < -0.39 is 6.10 Å². The maximum atomic E-state index is 9.70. The molecule has 0 heterocycles. The van der Waals surface area contributed by atoms with Crippen molar-refractivity contribution in [1.82, 2.24) is 0 Å². The normalized spacial score (nSPS) is 12.0. The molecule has 0 aliphatic heterocycles. The molecule has 14 heavy (non-hydrogen) atoms. The van der Waals surface area contributed by atoms with Crippen LogP contribution in [0.2, 0.25) is 0 Å². The van der Waals surface area contributed by atoms with E-state index in [4.69, 9.17) is 0 Å². The molecule has 1 rings (SSSR count). The van der Waals surface area contributed by atoms with Crippen molar-refractivity contribution in [2.75, 3.05) is 0 Å². The maximum absolute atomic E-state index is 9.70. The van der Waals surface area contributed by atoms with Crippen LogP contribution in [0.4, 0.5) is 0 Å². The highest BCUT2D eigenvalue weighted by Gasteiger charge is 1.99. The first-order chi connectivity index (χ1) is 6.70. The Hall–Kier alpha value is -1.30. The van der Waals surface area contributed by atoms with Crippen LogP contribution >= 0.6 is 0 Å². The Labute approximate surface area is 85.4 Å². The van der Waals surface area contributed by atoms with E-state index in [1.165, 1.54) is 0 Å². The van der Waals surface area contributed by atoms with E-state index in [9.17, 15) is 5.11 Å². The third-order valence-corrected chi connectivity index (χ3v) is 1.82. The fraction of sp³-hybridized carbons (Fsp3) is 0.308.